The van der Waals surface area contributed by atoms with Crippen LogP contribution in [0.2, 0.25) is 0 Å². The Bertz CT molecular complexity index is 55.8. The van der Waals surface area contributed by atoms with Gasteiger partial charge in [0.15, 0.2) is 7.05 Å². The van der Waals surface area contributed by atoms with E-state index >= 15 is 0 Å². The van der Waals surface area contributed by atoms with Crippen molar-refractivity contribution in [1.29, 1.82) is 0 Å². The van der Waals surface area contributed by atoms with Gasteiger partial charge in [-0.15, -0.1) is 4.86 Å². The Kier molecular flexibility index (Phi) is 2.36. The molecule has 0 aromatic carbocycles. The Morgan fingerprint density at radius 1 is 1.83 bits per heavy atom. The van der Waals surface area contributed by atoms with Crippen molar-refractivity contribution >= 4 is 0 Å². The summed E-state index contributed by atoms with van der Waals surface area (Å²) in [7, 11) is 1.36. The molecule has 0 heterocycles. The number of rotatable bonds is 1. The predicted molar refractivity (Wildman–Crippen MR) is 22.5 cm³/mol. The first-order chi connectivity index (χ1) is 2.77. The van der Waals surface area contributed by atoms with Crippen LogP contribution >= 0.6 is 0 Å². The molecule has 3 heteroatoms. The maximum Gasteiger partial charge on any atom is 0.171 e. The van der Waals surface area contributed by atoms with E-state index in [1.54, 1.807) is 0 Å². The van der Waals surface area contributed by atoms with Gasteiger partial charge in [0.25, 0.3) is 0 Å². The molecule has 0 fully saturated rings. The van der Waals surface area contributed by atoms with Gasteiger partial charge in [-0.3, -0.25) is 0 Å². The maximum absolute atomic E-state index is 9.79. The Hall–Kier alpha value is -0.600. The van der Waals surface area contributed by atoms with E-state index in [9.17, 15) is 5.21 Å². The molecule has 3 nitrogen and oxygen atoms in total. The van der Waals surface area contributed by atoms with Crippen LogP contribution in [-0.2, 0) is 0 Å². The van der Waals surface area contributed by atoms with Gasteiger partial charge in [-0.25, -0.2) is 0 Å². The van der Waals surface area contributed by atoms with Gasteiger partial charge in [-0.2, -0.15) is 0 Å². The molecule has 0 radical (unpaired) electrons. The maximum atomic E-state index is 9.79. The van der Waals surface area contributed by atoms with Crippen LogP contribution in [0.15, 0.2) is 5.11 Å². The van der Waals surface area contributed by atoms with Gasteiger partial charge in [-0.1, -0.05) is 0 Å². The van der Waals surface area contributed by atoms with E-state index in [1.807, 2.05) is 6.92 Å². The summed E-state index contributed by atoms with van der Waals surface area (Å²) in [5, 5.41) is 13.2. The van der Waals surface area contributed by atoms with Crippen LogP contribution in [0.25, 0.3) is 0 Å². The molecule has 0 aliphatic heterocycles. The molecule has 6 heavy (non-hydrogen) atoms. The minimum Gasteiger partial charge on any atom is -0.600 e. The summed E-state index contributed by atoms with van der Waals surface area (Å²) in [6, 6.07) is 0. The lowest BCUT2D eigenvalue weighted by atomic mass is 10.8. The van der Waals surface area contributed by atoms with Crippen LogP contribution in [0.3, 0.4) is 0 Å². The first kappa shape index (κ1) is 5.40. The zero-order valence-electron chi connectivity index (χ0n) is 4.01. The van der Waals surface area contributed by atoms with Gasteiger partial charge >= 0.3 is 0 Å². The zero-order chi connectivity index (χ0) is 4.99. The summed E-state index contributed by atoms with van der Waals surface area (Å²) in [6.07, 6.45) is 0. The molecule has 0 bridgehead atoms. The minimum absolute atomic E-state index is 0.556. The molecule has 0 atom stereocenters. The van der Waals surface area contributed by atoms with E-state index in [2.05, 4.69) is 5.11 Å². The number of hydrogen-bond acceptors (Lipinski definition) is 2. The summed E-state index contributed by atoms with van der Waals surface area (Å²) in [5.74, 6) is 0. The first-order valence-corrected chi connectivity index (χ1v) is 1.85. The Labute approximate surface area is 36.9 Å². The number of hydroxylamine groups is 1. The third-order valence-electron chi connectivity index (χ3n) is 0.341. The second-order valence-corrected chi connectivity index (χ2v) is 0.922. The monoisotopic (exact) mass is 88.1 g/mol. The second kappa shape index (κ2) is 2.63. The van der Waals surface area contributed by atoms with E-state index in [1.165, 1.54) is 7.05 Å². The fourth-order valence-electron chi connectivity index (χ4n) is 0.199. The van der Waals surface area contributed by atoms with E-state index in [-0.39, 0.29) is 0 Å². The van der Waals surface area contributed by atoms with Crippen molar-refractivity contribution in [2.24, 2.45) is 5.11 Å². The lowest BCUT2D eigenvalue weighted by Gasteiger charge is -1.85. The molecule has 0 aliphatic carbocycles. The topological polar surface area (TPSA) is 38.4 Å². The Morgan fingerprint density at radius 3 is 2.33 bits per heavy atom. The summed E-state index contributed by atoms with van der Waals surface area (Å²) in [4.78, 5) is 0.556. The van der Waals surface area contributed by atoms with Crippen LogP contribution in [0, 0.1) is 5.21 Å². The van der Waals surface area contributed by atoms with Crippen molar-refractivity contribution < 1.29 is 4.86 Å². The molecule has 0 aromatic rings. The van der Waals surface area contributed by atoms with E-state index in [4.69, 9.17) is 0 Å². The molecule has 0 spiro atoms. The van der Waals surface area contributed by atoms with Crippen LogP contribution in [0.5, 0.6) is 0 Å². The SMILES string of the molecule is CCN=[N+](C)[O-]. The summed E-state index contributed by atoms with van der Waals surface area (Å²) < 4.78 is 0. The van der Waals surface area contributed by atoms with Crippen LogP contribution in [-0.4, -0.2) is 18.5 Å². The highest BCUT2D eigenvalue weighted by Crippen LogP contribution is 1.65. The summed E-state index contributed by atoms with van der Waals surface area (Å²) in [5.41, 5.74) is 0. The third kappa shape index (κ3) is 3.40. The molecule has 0 unspecified atom stereocenters. The quantitative estimate of drug-likeness (QED) is 0.263. The smallest absolute Gasteiger partial charge is 0.171 e. The molecule has 0 aromatic heterocycles. The largest absolute Gasteiger partial charge is 0.600 e. The highest BCUT2D eigenvalue weighted by atomic mass is 16.5. The summed E-state index contributed by atoms with van der Waals surface area (Å²) in [6.45, 7) is 2.38. The number of azo groups is 1. The minimum atomic E-state index is 0.556. The van der Waals surface area contributed by atoms with Crippen LogP contribution < -0.4 is 0 Å². The number of nitrogens with zero attached hydrogens (tertiary/aromatic N) is 2. The molecule has 0 amide bonds. The van der Waals surface area contributed by atoms with Gasteiger partial charge in [-0.05, 0) is 12.0 Å². The molecular weight excluding hydrogens is 80.0 g/mol. The second-order valence-electron chi connectivity index (χ2n) is 0.922. The van der Waals surface area contributed by atoms with Crippen molar-refractivity contribution in [3.8, 4) is 0 Å². The van der Waals surface area contributed by atoms with Gasteiger partial charge in [0.05, 0.1) is 0 Å². The van der Waals surface area contributed by atoms with Crippen LogP contribution in [0.1, 0.15) is 6.92 Å². The molecular formula is C3H8N2O. The lowest BCUT2D eigenvalue weighted by Crippen LogP contribution is -1.87. The average molecular weight is 88.1 g/mol. The number of hydrogen-bond donors (Lipinski definition) is 0. The Balaban J connectivity index is 3.14. The molecule has 36 valence electrons. The standard InChI is InChI=1S/C3H8N2O/c1-3-4-5(2)6/h3H2,1-2H3. The van der Waals surface area contributed by atoms with E-state index in [0.717, 1.165) is 0 Å². The van der Waals surface area contributed by atoms with Gasteiger partial charge < -0.3 is 5.21 Å². The molecule has 0 aliphatic rings. The Morgan fingerprint density at radius 2 is 2.33 bits per heavy atom. The third-order valence-corrected chi connectivity index (χ3v) is 0.341. The zero-order valence-corrected chi connectivity index (χ0v) is 4.01. The van der Waals surface area contributed by atoms with Crippen molar-refractivity contribution in [3.05, 3.63) is 5.21 Å². The highest BCUT2D eigenvalue weighted by molar-refractivity contribution is 4.10. The predicted octanol–water partition coefficient (Wildman–Crippen LogP) is 0.599. The molecule has 0 saturated carbocycles. The van der Waals surface area contributed by atoms with E-state index < -0.39 is 0 Å². The normalized spacial score (nSPS) is 12.0. The van der Waals surface area contributed by atoms with Crippen molar-refractivity contribution in [1.82, 2.24) is 0 Å². The summed E-state index contributed by atoms with van der Waals surface area (Å²) >= 11 is 0. The molecule has 0 rings (SSSR count). The average Bonchev–Trinajstić information content (AvgIpc) is 1.35. The fraction of sp³-hybridized carbons (Fsp3) is 1.00. The lowest BCUT2D eigenvalue weighted by molar-refractivity contribution is -0.499. The fourth-order valence-corrected chi connectivity index (χ4v) is 0.199. The van der Waals surface area contributed by atoms with Gasteiger partial charge in [0.2, 0.25) is 0 Å². The van der Waals surface area contributed by atoms with Gasteiger partial charge in [0.1, 0.15) is 6.54 Å². The van der Waals surface area contributed by atoms with Gasteiger partial charge in [0, 0.05) is 0 Å². The molecule has 0 saturated heterocycles. The van der Waals surface area contributed by atoms with Crippen LogP contribution in [0.4, 0.5) is 0 Å². The van der Waals surface area contributed by atoms with E-state index in [0.29, 0.717) is 11.4 Å². The molecule has 0 N–H and O–H groups in total. The highest BCUT2D eigenvalue weighted by Gasteiger charge is 1.69. The van der Waals surface area contributed by atoms with Crippen molar-refractivity contribution in [2.75, 3.05) is 13.6 Å². The first-order valence-electron chi connectivity index (χ1n) is 1.85. The van der Waals surface area contributed by atoms with Crippen molar-refractivity contribution in [2.45, 2.75) is 6.92 Å². The van der Waals surface area contributed by atoms with Crippen molar-refractivity contribution in [3.63, 3.8) is 0 Å².